The van der Waals surface area contributed by atoms with Gasteiger partial charge in [0.15, 0.2) is 17.0 Å². The highest BCUT2D eigenvalue weighted by atomic mass is 35.5. The first kappa shape index (κ1) is 19.2. The van der Waals surface area contributed by atoms with Crippen molar-refractivity contribution < 1.29 is 19.1 Å². The highest BCUT2D eigenvalue weighted by molar-refractivity contribution is 6.30. The Kier molecular flexibility index (Phi) is 4.82. The van der Waals surface area contributed by atoms with E-state index in [1.54, 1.807) is 17.0 Å². The fraction of sp³-hybridized carbons (Fsp3) is 0.391. The lowest BCUT2D eigenvalue weighted by Gasteiger charge is -2.51. The van der Waals surface area contributed by atoms with Gasteiger partial charge in [-0.3, -0.25) is 9.59 Å². The first-order valence-electron chi connectivity index (χ1n) is 10.3. The molecule has 2 aromatic rings. The normalized spacial score (nSPS) is 22.8. The number of likely N-dealkylation sites (tertiary alicyclic amines) is 1. The number of ether oxygens (including phenoxy) is 2. The van der Waals surface area contributed by atoms with Crippen molar-refractivity contribution in [3.05, 3.63) is 58.6 Å². The predicted molar refractivity (Wildman–Crippen MR) is 111 cm³/mol. The second kappa shape index (κ2) is 7.51. The fourth-order valence-electron chi connectivity index (χ4n) is 4.67. The summed E-state index contributed by atoms with van der Waals surface area (Å²) in [4.78, 5) is 27.9. The van der Waals surface area contributed by atoms with Gasteiger partial charge in [-0.05, 0) is 48.2 Å². The van der Waals surface area contributed by atoms with Crippen LogP contribution in [0.2, 0.25) is 5.02 Å². The summed E-state index contributed by atoms with van der Waals surface area (Å²) >= 11 is 6.08. The van der Waals surface area contributed by atoms with E-state index in [1.807, 2.05) is 30.3 Å². The van der Waals surface area contributed by atoms with Crippen LogP contribution in [0, 0.1) is 0 Å². The molecule has 0 radical (unpaired) electrons. The molecule has 0 spiro atoms. The third kappa shape index (κ3) is 3.19. The first-order chi connectivity index (χ1) is 14.6. The number of rotatable bonds is 5. The lowest BCUT2D eigenvalue weighted by atomic mass is 9.76. The van der Waals surface area contributed by atoms with Gasteiger partial charge in [-0.15, -0.1) is 0 Å². The summed E-state index contributed by atoms with van der Waals surface area (Å²) in [6.07, 6.45) is 4.37. The van der Waals surface area contributed by atoms with Crippen molar-refractivity contribution in [2.45, 2.75) is 50.2 Å². The van der Waals surface area contributed by atoms with Crippen molar-refractivity contribution in [2.75, 3.05) is 6.79 Å². The molecular weight excluding hydrogens is 404 g/mol. The maximum absolute atomic E-state index is 13.5. The van der Waals surface area contributed by atoms with Gasteiger partial charge in [0.2, 0.25) is 12.7 Å². The quantitative estimate of drug-likeness (QED) is 0.739. The highest BCUT2D eigenvalue weighted by Gasteiger charge is 2.57. The molecule has 1 saturated heterocycles. The number of benzene rings is 2. The van der Waals surface area contributed by atoms with E-state index < -0.39 is 5.54 Å². The van der Waals surface area contributed by atoms with E-state index >= 15 is 0 Å². The SMILES string of the molecule is O=C1CC(C(=O)NC2CCCC2)(c2ccc(Cl)cc2)N1Cc1ccc2c(c1)OCO2. The molecule has 2 heterocycles. The first-order valence-corrected chi connectivity index (χ1v) is 10.7. The van der Waals surface area contributed by atoms with Crippen molar-refractivity contribution in [1.29, 1.82) is 0 Å². The zero-order chi connectivity index (χ0) is 20.7. The molecule has 2 amide bonds. The van der Waals surface area contributed by atoms with E-state index in [2.05, 4.69) is 5.32 Å². The molecule has 1 atom stereocenters. The van der Waals surface area contributed by atoms with Crippen LogP contribution >= 0.6 is 11.6 Å². The molecule has 2 aliphatic heterocycles. The molecule has 30 heavy (non-hydrogen) atoms. The topological polar surface area (TPSA) is 67.9 Å². The zero-order valence-electron chi connectivity index (χ0n) is 16.5. The number of amides is 2. The Morgan fingerprint density at radius 2 is 1.83 bits per heavy atom. The Morgan fingerprint density at radius 1 is 1.10 bits per heavy atom. The number of β-lactam (4-membered cyclic amide) rings is 1. The van der Waals surface area contributed by atoms with E-state index in [0.29, 0.717) is 23.1 Å². The van der Waals surface area contributed by atoms with Gasteiger partial charge >= 0.3 is 0 Å². The molecule has 0 bridgehead atoms. The standard InChI is InChI=1S/C23H23ClN2O4/c24-17-8-6-16(7-9-17)23(22(28)25-18-3-1-2-4-18)12-21(27)26(23)13-15-5-10-19-20(11-15)30-14-29-19/h5-11,18H,1-4,12-14H2,(H,25,28). The third-order valence-corrected chi connectivity index (χ3v) is 6.59. The number of carbonyl (C=O) groups excluding carboxylic acids is 2. The average molecular weight is 427 g/mol. The van der Waals surface area contributed by atoms with Gasteiger partial charge in [-0.25, -0.2) is 0 Å². The summed E-state index contributed by atoms with van der Waals surface area (Å²) < 4.78 is 10.8. The summed E-state index contributed by atoms with van der Waals surface area (Å²) in [5.74, 6) is 1.19. The van der Waals surface area contributed by atoms with Gasteiger partial charge in [0, 0.05) is 17.6 Å². The van der Waals surface area contributed by atoms with E-state index in [4.69, 9.17) is 21.1 Å². The van der Waals surface area contributed by atoms with Crippen LogP contribution in [-0.2, 0) is 21.7 Å². The van der Waals surface area contributed by atoms with E-state index in [9.17, 15) is 9.59 Å². The maximum Gasteiger partial charge on any atom is 0.251 e. The number of nitrogens with one attached hydrogen (secondary N) is 1. The van der Waals surface area contributed by atoms with Crippen molar-refractivity contribution in [1.82, 2.24) is 10.2 Å². The molecule has 3 aliphatic rings. The molecule has 1 N–H and O–H groups in total. The Labute approximate surface area is 180 Å². The molecule has 7 heteroatoms. The van der Waals surface area contributed by atoms with Gasteiger partial charge in [0.1, 0.15) is 0 Å². The molecule has 2 fully saturated rings. The molecule has 5 rings (SSSR count). The number of halogens is 1. The van der Waals surface area contributed by atoms with Crippen LogP contribution in [0.25, 0.3) is 0 Å². The summed E-state index contributed by atoms with van der Waals surface area (Å²) in [6.45, 7) is 0.510. The maximum atomic E-state index is 13.5. The van der Waals surface area contributed by atoms with Crippen molar-refractivity contribution in [2.24, 2.45) is 0 Å². The van der Waals surface area contributed by atoms with Gasteiger partial charge < -0.3 is 19.7 Å². The molecule has 6 nitrogen and oxygen atoms in total. The lowest BCUT2D eigenvalue weighted by molar-refractivity contribution is -0.169. The average Bonchev–Trinajstić information content (AvgIpc) is 3.42. The van der Waals surface area contributed by atoms with Crippen molar-refractivity contribution in [3.63, 3.8) is 0 Å². The monoisotopic (exact) mass is 426 g/mol. The Hall–Kier alpha value is -2.73. The Balaban J connectivity index is 1.47. The minimum atomic E-state index is -1.03. The summed E-state index contributed by atoms with van der Waals surface area (Å²) in [7, 11) is 0. The number of hydrogen-bond acceptors (Lipinski definition) is 4. The molecule has 0 aromatic heterocycles. The van der Waals surface area contributed by atoms with Crippen molar-refractivity contribution >= 4 is 23.4 Å². The van der Waals surface area contributed by atoms with Gasteiger partial charge in [0.25, 0.3) is 5.91 Å². The third-order valence-electron chi connectivity index (χ3n) is 6.33. The van der Waals surface area contributed by atoms with Crippen molar-refractivity contribution in [3.8, 4) is 11.5 Å². The molecule has 156 valence electrons. The van der Waals surface area contributed by atoms with Gasteiger partial charge in [0.05, 0.1) is 6.42 Å². The molecule has 2 aromatic carbocycles. The number of hydrogen-bond donors (Lipinski definition) is 1. The van der Waals surface area contributed by atoms with E-state index in [0.717, 1.165) is 36.8 Å². The minimum absolute atomic E-state index is 0.0517. The van der Waals surface area contributed by atoms with Gasteiger partial charge in [-0.1, -0.05) is 42.6 Å². The Bertz CT molecular complexity index is 987. The van der Waals surface area contributed by atoms with Crippen LogP contribution in [0.1, 0.15) is 43.2 Å². The van der Waals surface area contributed by atoms with E-state index in [-0.39, 0.29) is 31.1 Å². The number of fused-ring (bicyclic) bond motifs is 1. The second-order valence-electron chi connectivity index (χ2n) is 8.17. The zero-order valence-corrected chi connectivity index (χ0v) is 17.3. The highest BCUT2D eigenvalue weighted by Crippen LogP contribution is 2.44. The predicted octanol–water partition coefficient (Wildman–Crippen LogP) is 3.76. The van der Waals surface area contributed by atoms with Crippen LogP contribution in [0.3, 0.4) is 0 Å². The molecular formula is C23H23ClN2O4. The summed E-state index contributed by atoms with van der Waals surface area (Å²) in [5, 5.41) is 3.80. The van der Waals surface area contributed by atoms with Gasteiger partial charge in [-0.2, -0.15) is 0 Å². The van der Waals surface area contributed by atoms with E-state index in [1.165, 1.54) is 0 Å². The number of carbonyl (C=O) groups is 2. The lowest BCUT2D eigenvalue weighted by Crippen LogP contribution is -2.68. The van der Waals surface area contributed by atoms with Crippen LogP contribution in [0.5, 0.6) is 11.5 Å². The molecule has 1 aliphatic carbocycles. The number of nitrogens with zero attached hydrogens (tertiary/aromatic N) is 1. The smallest absolute Gasteiger partial charge is 0.251 e. The van der Waals surface area contributed by atoms with Crippen LogP contribution in [0.4, 0.5) is 0 Å². The van der Waals surface area contributed by atoms with Crippen LogP contribution in [-0.4, -0.2) is 29.5 Å². The fourth-order valence-corrected chi connectivity index (χ4v) is 4.79. The summed E-state index contributed by atoms with van der Waals surface area (Å²) in [5.41, 5.74) is 0.641. The second-order valence-corrected chi connectivity index (χ2v) is 8.60. The summed E-state index contributed by atoms with van der Waals surface area (Å²) in [6, 6.07) is 13.0. The Morgan fingerprint density at radius 3 is 2.57 bits per heavy atom. The molecule has 1 saturated carbocycles. The minimum Gasteiger partial charge on any atom is -0.454 e. The van der Waals surface area contributed by atoms with Crippen LogP contribution in [0.15, 0.2) is 42.5 Å². The largest absolute Gasteiger partial charge is 0.454 e. The van der Waals surface area contributed by atoms with Crippen LogP contribution < -0.4 is 14.8 Å². The molecule has 1 unspecified atom stereocenters.